The lowest BCUT2D eigenvalue weighted by Gasteiger charge is -2.29. The normalized spacial score (nSPS) is 16.0. The van der Waals surface area contributed by atoms with Crippen molar-refractivity contribution in [1.29, 1.82) is 0 Å². The van der Waals surface area contributed by atoms with Crippen LogP contribution in [0.2, 0.25) is 0 Å². The Kier molecular flexibility index (Phi) is 3.51. The molecule has 1 saturated heterocycles. The minimum absolute atomic E-state index is 0.779. The molecule has 0 radical (unpaired) electrons. The number of hydrogen-bond acceptors (Lipinski definition) is 4. The monoisotopic (exact) mass is 222 g/mol. The molecule has 0 aromatic heterocycles. The van der Waals surface area contributed by atoms with E-state index in [1.54, 1.807) is 14.2 Å². The van der Waals surface area contributed by atoms with Gasteiger partial charge in [-0.2, -0.15) is 0 Å². The Hall–Kier alpha value is -1.42. The van der Waals surface area contributed by atoms with Crippen molar-refractivity contribution in [2.45, 2.75) is 0 Å². The highest BCUT2D eigenvalue weighted by molar-refractivity contribution is 5.56. The third kappa shape index (κ3) is 2.22. The van der Waals surface area contributed by atoms with E-state index in [0.29, 0.717) is 0 Å². The van der Waals surface area contributed by atoms with Crippen molar-refractivity contribution >= 4 is 5.69 Å². The molecule has 0 bridgehead atoms. The number of ether oxygens (including phenoxy) is 2. The second-order valence-electron chi connectivity index (χ2n) is 3.78. The number of methoxy groups -OCH3 is 2. The summed E-state index contributed by atoms with van der Waals surface area (Å²) < 4.78 is 10.5. The van der Waals surface area contributed by atoms with Crippen LogP contribution in [0.15, 0.2) is 18.2 Å². The Bertz CT molecular complexity index is 349. The maximum Gasteiger partial charge on any atom is 0.162 e. The maximum atomic E-state index is 5.30. The number of hydrogen-bond donors (Lipinski definition) is 1. The van der Waals surface area contributed by atoms with Crippen LogP contribution in [0, 0.1) is 0 Å². The third-order valence-electron chi connectivity index (χ3n) is 2.85. The van der Waals surface area contributed by atoms with Gasteiger partial charge in [0, 0.05) is 37.9 Å². The fourth-order valence-corrected chi connectivity index (χ4v) is 1.94. The summed E-state index contributed by atoms with van der Waals surface area (Å²) in [6, 6.07) is 6.06. The molecule has 0 amide bonds. The van der Waals surface area contributed by atoms with Gasteiger partial charge in [-0.05, 0) is 12.1 Å². The first-order valence-corrected chi connectivity index (χ1v) is 5.53. The predicted molar refractivity (Wildman–Crippen MR) is 64.6 cm³/mol. The molecule has 88 valence electrons. The number of benzene rings is 1. The van der Waals surface area contributed by atoms with Gasteiger partial charge in [0.1, 0.15) is 0 Å². The number of nitrogens with one attached hydrogen (secondary N) is 1. The molecule has 1 aromatic rings. The minimum Gasteiger partial charge on any atom is -0.493 e. The highest BCUT2D eigenvalue weighted by Crippen LogP contribution is 2.31. The van der Waals surface area contributed by atoms with Gasteiger partial charge in [-0.25, -0.2) is 0 Å². The fourth-order valence-electron chi connectivity index (χ4n) is 1.94. The third-order valence-corrected chi connectivity index (χ3v) is 2.85. The number of rotatable bonds is 3. The predicted octanol–water partition coefficient (Wildman–Crippen LogP) is 1.11. The van der Waals surface area contributed by atoms with Gasteiger partial charge in [-0.3, -0.25) is 0 Å². The van der Waals surface area contributed by atoms with Crippen LogP contribution in [0.3, 0.4) is 0 Å². The van der Waals surface area contributed by atoms with Crippen molar-refractivity contribution in [2.75, 3.05) is 45.3 Å². The number of anilines is 1. The molecule has 1 heterocycles. The summed E-state index contributed by atoms with van der Waals surface area (Å²) in [5, 5.41) is 3.34. The Morgan fingerprint density at radius 1 is 1.06 bits per heavy atom. The Balaban J connectivity index is 2.20. The molecule has 16 heavy (non-hydrogen) atoms. The molecule has 1 N–H and O–H groups in total. The summed E-state index contributed by atoms with van der Waals surface area (Å²) in [7, 11) is 3.32. The van der Waals surface area contributed by atoms with Crippen LogP contribution in [0.4, 0.5) is 5.69 Å². The van der Waals surface area contributed by atoms with Gasteiger partial charge >= 0.3 is 0 Å². The zero-order valence-electron chi connectivity index (χ0n) is 9.82. The maximum absolute atomic E-state index is 5.30. The van der Waals surface area contributed by atoms with Crippen LogP contribution in [-0.2, 0) is 0 Å². The summed E-state index contributed by atoms with van der Waals surface area (Å²) in [5.74, 6) is 1.57. The molecule has 4 heteroatoms. The molecule has 1 aromatic carbocycles. The smallest absolute Gasteiger partial charge is 0.162 e. The lowest BCUT2D eigenvalue weighted by atomic mass is 10.2. The standard InChI is InChI=1S/C12H18N2O2/c1-15-11-4-3-10(9-12(11)16-2)14-7-5-13-6-8-14/h3-4,9,13H,5-8H2,1-2H3. The summed E-state index contributed by atoms with van der Waals surface area (Å²) in [6.45, 7) is 4.15. The first-order valence-electron chi connectivity index (χ1n) is 5.53. The Morgan fingerprint density at radius 2 is 1.75 bits per heavy atom. The quantitative estimate of drug-likeness (QED) is 0.830. The molecular formula is C12H18N2O2. The van der Waals surface area contributed by atoms with E-state index in [1.165, 1.54) is 5.69 Å². The lowest BCUT2D eigenvalue weighted by Crippen LogP contribution is -2.43. The van der Waals surface area contributed by atoms with Crippen molar-refractivity contribution in [1.82, 2.24) is 5.32 Å². The SMILES string of the molecule is COc1ccc(N2CCNCC2)cc1OC. The van der Waals surface area contributed by atoms with Crippen molar-refractivity contribution < 1.29 is 9.47 Å². The molecule has 0 spiro atoms. The fraction of sp³-hybridized carbons (Fsp3) is 0.500. The van der Waals surface area contributed by atoms with Crippen LogP contribution in [0.25, 0.3) is 0 Å². The average Bonchev–Trinajstić information content (AvgIpc) is 2.39. The summed E-state index contributed by atoms with van der Waals surface area (Å²) in [5.41, 5.74) is 1.19. The molecular weight excluding hydrogens is 204 g/mol. The van der Waals surface area contributed by atoms with E-state index in [4.69, 9.17) is 9.47 Å². The van der Waals surface area contributed by atoms with Crippen molar-refractivity contribution in [2.24, 2.45) is 0 Å². The molecule has 4 nitrogen and oxygen atoms in total. The zero-order valence-corrected chi connectivity index (χ0v) is 9.82. The summed E-state index contributed by atoms with van der Waals surface area (Å²) in [6.07, 6.45) is 0. The van der Waals surface area contributed by atoms with E-state index in [2.05, 4.69) is 16.3 Å². The molecule has 0 saturated carbocycles. The van der Waals surface area contributed by atoms with Crippen LogP contribution in [0.1, 0.15) is 0 Å². The molecule has 2 rings (SSSR count). The van der Waals surface area contributed by atoms with Crippen LogP contribution < -0.4 is 19.7 Å². The lowest BCUT2D eigenvalue weighted by molar-refractivity contribution is 0.355. The second kappa shape index (κ2) is 5.07. The van der Waals surface area contributed by atoms with Crippen molar-refractivity contribution in [3.8, 4) is 11.5 Å². The minimum atomic E-state index is 0.779. The molecule has 0 atom stereocenters. The first-order chi connectivity index (χ1) is 7.85. The van der Waals surface area contributed by atoms with Gasteiger partial charge in [-0.1, -0.05) is 0 Å². The van der Waals surface area contributed by atoms with Gasteiger partial charge < -0.3 is 19.7 Å². The van der Waals surface area contributed by atoms with E-state index in [0.717, 1.165) is 37.7 Å². The molecule has 0 aliphatic carbocycles. The van der Waals surface area contributed by atoms with Gasteiger partial charge in [0.2, 0.25) is 0 Å². The van der Waals surface area contributed by atoms with Crippen LogP contribution >= 0.6 is 0 Å². The largest absolute Gasteiger partial charge is 0.493 e. The first kappa shape index (κ1) is 11.1. The molecule has 1 aliphatic rings. The van der Waals surface area contributed by atoms with Crippen LogP contribution in [0.5, 0.6) is 11.5 Å². The van der Waals surface area contributed by atoms with Crippen LogP contribution in [-0.4, -0.2) is 40.4 Å². The van der Waals surface area contributed by atoms with Gasteiger partial charge in [0.05, 0.1) is 14.2 Å². The van der Waals surface area contributed by atoms with E-state index >= 15 is 0 Å². The van der Waals surface area contributed by atoms with E-state index in [-0.39, 0.29) is 0 Å². The highest BCUT2D eigenvalue weighted by Gasteiger charge is 2.12. The van der Waals surface area contributed by atoms with Gasteiger partial charge in [-0.15, -0.1) is 0 Å². The van der Waals surface area contributed by atoms with Crippen molar-refractivity contribution in [3.05, 3.63) is 18.2 Å². The van der Waals surface area contributed by atoms with E-state index in [1.807, 2.05) is 12.1 Å². The molecule has 1 aliphatic heterocycles. The number of nitrogens with zero attached hydrogens (tertiary/aromatic N) is 1. The Morgan fingerprint density at radius 3 is 2.38 bits per heavy atom. The average molecular weight is 222 g/mol. The second-order valence-corrected chi connectivity index (χ2v) is 3.78. The molecule has 1 fully saturated rings. The van der Waals surface area contributed by atoms with Crippen molar-refractivity contribution in [3.63, 3.8) is 0 Å². The highest BCUT2D eigenvalue weighted by atomic mass is 16.5. The molecule has 0 unspecified atom stereocenters. The topological polar surface area (TPSA) is 33.7 Å². The van der Waals surface area contributed by atoms with Gasteiger partial charge in [0.25, 0.3) is 0 Å². The number of piperazine rings is 1. The Labute approximate surface area is 96.2 Å². The van der Waals surface area contributed by atoms with E-state index in [9.17, 15) is 0 Å². The van der Waals surface area contributed by atoms with E-state index < -0.39 is 0 Å². The zero-order chi connectivity index (χ0) is 11.4. The summed E-state index contributed by atoms with van der Waals surface area (Å²) in [4.78, 5) is 2.35. The van der Waals surface area contributed by atoms with Gasteiger partial charge in [0.15, 0.2) is 11.5 Å². The summed E-state index contributed by atoms with van der Waals surface area (Å²) >= 11 is 0.